The van der Waals surface area contributed by atoms with E-state index < -0.39 is 41.6 Å². The van der Waals surface area contributed by atoms with Gasteiger partial charge in [-0.1, -0.05) is 11.2 Å². The number of anilines is 1. The van der Waals surface area contributed by atoms with Gasteiger partial charge in [-0.2, -0.15) is 4.98 Å². The number of ether oxygens (including phenoxy) is 1. The number of halogens is 3. The fourth-order valence-electron chi connectivity index (χ4n) is 2.10. The molecular formula is C17H12F3N3O4S. The number of carbonyl (C=O) groups excluding carboxylic acids is 2. The molecule has 0 aliphatic carbocycles. The maximum absolute atomic E-state index is 13.5. The number of rotatable bonds is 7. The van der Waals surface area contributed by atoms with E-state index in [4.69, 9.17) is 9.26 Å². The van der Waals surface area contributed by atoms with Gasteiger partial charge >= 0.3 is 5.97 Å². The van der Waals surface area contributed by atoms with Crippen molar-refractivity contribution in [2.24, 2.45) is 0 Å². The Morgan fingerprint density at radius 2 is 2.00 bits per heavy atom. The van der Waals surface area contributed by atoms with Crippen molar-refractivity contribution in [3.63, 3.8) is 0 Å². The topological polar surface area (TPSA) is 94.3 Å². The molecule has 28 heavy (non-hydrogen) atoms. The summed E-state index contributed by atoms with van der Waals surface area (Å²) in [6.07, 6.45) is -0.0183. The van der Waals surface area contributed by atoms with Crippen LogP contribution in [0.3, 0.4) is 0 Å². The number of hydrogen-bond donors (Lipinski definition) is 1. The van der Waals surface area contributed by atoms with E-state index >= 15 is 0 Å². The second-order valence-corrected chi connectivity index (χ2v) is 6.37. The SMILES string of the molecule is O=C(COC(=O)CCc1nc(-c2cccs2)no1)Nc1ccc(F)c(F)c1F. The number of nitrogens with one attached hydrogen (secondary N) is 1. The molecule has 3 aromatic rings. The summed E-state index contributed by atoms with van der Waals surface area (Å²) in [5.74, 6) is -5.63. The molecule has 0 radical (unpaired) electrons. The fraction of sp³-hybridized carbons (Fsp3) is 0.176. The van der Waals surface area contributed by atoms with Crippen molar-refractivity contribution in [1.29, 1.82) is 0 Å². The summed E-state index contributed by atoms with van der Waals surface area (Å²) in [5.41, 5.74) is -0.563. The maximum atomic E-state index is 13.5. The van der Waals surface area contributed by atoms with Gasteiger partial charge in [0.25, 0.3) is 5.91 Å². The molecule has 3 rings (SSSR count). The van der Waals surface area contributed by atoms with Crippen LogP contribution in [0.1, 0.15) is 12.3 Å². The second kappa shape index (κ2) is 8.65. The van der Waals surface area contributed by atoms with Gasteiger partial charge in [-0.25, -0.2) is 13.2 Å². The molecule has 0 aliphatic rings. The highest BCUT2D eigenvalue weighted by molar-refractivity contribution is 7.13. The molecule has 0 bridgehead atoms. The molecule has 2 aromatic heterocycles. The highest BCUT2D eigenvalue weighted by Crippen LogP contribution is 2.22. The van der Waals surface area contributed by atoms with Crippen LogP contribution in [0.5, 0.6) is 0 Å². The summed E-state index contributed by atoms with van der Waals surface area (Å²) < 4.78 is 49.2. The van der Waals surface area contributed by atoms with Crippen LogP contribution in [-0.2, 0) is 20.7 Å². The van der Waals surface area contributed by atoms with Crippen molar-refractivity contribution in [3.8, 4) is 10.7 Å². The van der Waals surface area contributed by atoms with E-state index in [9.17, 15) is 22.8 Å². The number of thiophene rings is 1. The largest absolute Gasteiger partial charge is 0.456 e. The molecular weight excluding hydrogens is 399 g/mol. The van der Waals surface area contributed by atoms with Gasteiger partial charge in [0.2, 0.25) is 11.7 Å². The summed E-state index contributed by atoms with van der Waals surface area (Å²) >= 11 is 1.44. The first-order valence-electron chi connectivity index (χ1n) is 7.89. The Morgan fingerprint density at radius 1 is 1.18 bits per heavy atom. The summed E-state index contributed by atoms with van der Waals surface area (Å²) in [7, 11) is 0. The van der Waals surface area contributed by atoms with Crippen LogP contribution in [0.4, 0.5) is 18.9 Å². The van der Waals surface area contributed by atoms with Gasteiger partial charge in [0.1, 0.15) is 0 Å². The minimum atomic E-state index is -1.71. The predicted molar refractivity (Wildman–Crippen MR) is 91.8 cm³/mol. The van der Waals surface area contributed by atoms with E-state index in [-0.39, 0.29) is 18.7 Å². The number of benzene rings is 1. The first kappa shape index (κ1) is 19.5. The van der Waals surface area contributed by atoms with Crippen LogP contribution in [0.15, 0.2) is 34.2 Å². The van der Waals surface area contributed by atoms with Crippen LogP contribution >= 0.6 is 11.3 Å². The summed E-state index contributed by atoms with van der Waals surface area (Å²) in [6.45, 7) is -0.721. The van der Waals surface area contributed by atoms with Crippen molar-refractivity contribution >= 4 is 28.9 Å². The maximum Gasteiger partial charge on any atom is 0.306 e. The van der Waals surface area contributed by atoms with E-state index in [1.54, 1.807) is 0 Å². The fourth-order valence-corrected chi connectivity index (χ4v) is 2.75. The Bertz CT molecular complexity index is 992. The van der Waals surface area contributed by atoms with Gasteiger partial charge in [0.05, 0.1) is 17.0 Å². The minimum absolute atomic E-state index is 0.108. The van der Waals surface area contributed by atoms with Crippen molar-refractivity contribution in [2.45, 2.75) is 12.8 Å². The number of amides is 1. The van der Waals surface area contributed by atoms with Crippen LogP contribution < -0.4 is 5.32 Å². The lowest BCUT2D eigenvalue weighted by Crippen LogP contribution is -2.22. The van der Waals surface area contributed by atoms with Gasteiger partial charge in [-0.05, 0) is 23.6 Å². The Kier molecular flexibility index (Phi) is 6.04. The molecule has 1 amide bonds. The third-order valence-corrected chi connectivity index (χ3v) is 4.29. The molecule has 1 aromatic carbocycles. The minimum Gasteiger partial charge on any atom is -0.456 e. The van der Waals surface area contributed by atoms with E-state index in [0.717, 1.165) is 10.9 Å². The van der Waals surface area contributed by atoms with Gasteiger partial charge in [0.15, 0.2) is 24.1 Å². The molecule has 0 saturated heterocycles. The summed E-state index contributed by atoms with van der Waals surface area (Å²) in [5, 5.41) is 7.64. The smallest absolute Gasteiger partial charge is 0.306 e. The molecule has 0 fully saturated rings. The van der Waals surface area contributed by atoms with Gasteiger partial charge in [-0.3, -0.25) is 9.59 Å². The van der Waals surface area contributed by atoms with Crippen molar-refractivity contribution in [2.75, 3.05) is 11.9 Å². The molecule has 11 heteroatoms. The Labute approximate surface area is 160 Å². The number of esters is 1. The lowest BCUT2D eigenvalue weighted by atomic mass is 10.3. The predicted octanol–water partition coefficient (Wildman–Crippen LogP) is 3.33. The first-order chi connectivity index (χ1) is 13.4. The zero-order valence-electron chi connectivity index (χ0n) is 14.1. The van der Waals surface area contributed by atoms with Gasteiger partial charge < -0.3 is 14.6 Å². The number of carbonyl (C=O) groups is 2. The molecule has 0 spiro atoms. The van der Waals surface area contributed by atoms with E-state index in [1.807, 2.05) is 22.8 Å². The van der Waals surface area contributed by atoms with E-state index in [0.29, 0.717) is 11.9 Å². The number of nitrogens with zero attached hydrogens (tertiary/aromatic N) is 2. The molecule has 0 saturated carbocycles. The quantitative estimate of drug-likeness (QED) is 0.473. The van der Waals surface area contributed by atoms with E-state index in [2.05, 4.69) is 10.1 Å². The van der Waals surface area contributed by atoms with Crippen LogP contribution in [0.2, 0.25) is 0 Å². The standard InChI is InChI=1S/C17H12F3N3O4S/c18-9-3-4-10(16(20)15(9)19)21-12(24)8-26-14(25)6-5-13-22-17(23-27-13)11-2-1-7-28-11/h1-4,7H,5-6,8H2,(H,21,24). The summed E-state index contributed by atoms with van der Waals surface area (Å²) in [4.78, 5) is 28.3. The third kappa shape index (κ3) is 4.74. The molecule has 0 atom stereocenters. The normalized spacial score (nSPS) is 10.7. The Hall–Kier alpha value is -3.21. The zero-order valence-corrected chi connectivity index (χ0v) is 14.9. The lowest BCUT2D eigenvalue weighted by molar-refractivity contribution is -0.147. The first-order valence-corrected chi connectivity index (χ1v) is 8.77. The Morgan fingerprint density at radius 3 is 2.75 bits per heavy atom. The van der Waals surface area contributed by atoms with Crippen LogP contribution in [0.25, 0.3) is 10.7 Å². The third-order valence-electron chi connectivity index (χ3n) is 3.43. The highest BCUT2D eigenvalue weighted by atomic mass is 32.1. The lowest BCUT2D eigenvalue weighted by Gasteiger charge is -2.08. The molecule has 146 valence electrons. The van der Waals surface area contributed by atoms with Crippen molar-refractivity contribution in [1.82, 2.24) is 10.1 Å². The monoisotopic (exact) mass is 411 g/mol. The average Bonchev–Trinajstić information content (AvgIpc) is 3.36. The average molecular weight is 411 g/mol. The molecule has 0 aliphatic heterocycles. The van der Waals surface area contributed by atoms with E-state index in [1.165, 1.54) is 11.3 Å². The number of aryl methyl sites for hydroxylation is 1. The van der Waals surface area contributed by atoms with Crippen LogP contribution in [0, 0.1) is 17.5 Å². The summed E-state index contributed by atoms with van der Waals surface area (Å²) in [6, 6.07) is 5.18. The highest BCUT2D eigenvalue weighted by Gasteiger charge is 2.17. The zero-order chi connectivity index (χ0) is 20.1. The van der Waals surface area contributed by atoms with Crippen LogP contribution in [-0.4, -0.2) is 28.6 Å². The Balaban J connectivity index is 1.44. The number of aromatic nitrogens is 2. The van der Waals surface area contributed by atoms with Crippen molar-refractivity contribution in [3.05, 3.63) is 53.0 Å². The molecule has 2 heterocycles. The second-order valence-electron chi connectivity index (χ2n) is 5.42. The van der Waals surface area contributed by atoms with Gasteiger partial charge in [-0.15, -0.1) is 11.3 Å². The van der Waals surface area contributed by atoms with Crippen molar-refractivity contribution < 1.29 is 32.0 Å². The molecule has 1 N–H and O–H groups in total. The molecule has 0 unspecified atom stereocenters. The van der Waals surface area contributed by atoms with Gasteiger partial charge in [0, 0.05) is 6.42 Å². The molecule has 7 nitrogen and oxygen atoms in total. The number of hydrogen-bond acceptors (Lipinski definition) is 7.